The summed E-state index contributed by atoms with van der Waals surface area (Å²) >= 11 is 0. The maximum atomic E-state index is 14.5. The van der Waals surface area contributed by atoms with E-state index in [1.807, 2.05) is 0 Å². The molecule has 156 valence electrons. The van der Waals surface area contributed by atoms with Crippen LogP contribution >= 0.6 is 0 Å². The van der Waals surface area contributed by atoms with Crippen LogP contribution in [-0.2, 0) is 0 Å². The second-order valence-corrected chi connectivity index (χ2v) is 7.62. The summed E-state index contributed by atoms with van der Waals surface area (Å²) in [7, 11) is 0. The first-order valence-corrected chi connectivity index (χ1v) is 9.81. The van der Waals surface area contributed by atoms with Crippen LogP contribution in [0.5, 0.6) is 0 Å². The van der Waals surface area contributed by atoms with Crippen LogP contribution in [0.3, 0.4) is 0 Å². The Hall–Kier alpha value is -2.24. The van der Waals surface area contributed by atoms with Crippen LogP contribution in [0.4, 0.5) is 26.3 Å². The van der Waals surface area contributed by atoms with Gasteiger partial charge in [0.1, 0.15) is 11.6 Å². The summed E-state index contributed by atoms with van der Waals surface area (Å²) in [4.78, 5) is 0. The fourth-order valence-electron chi connectivity index (χ4n) is 4.10. The summed E-state index contributed by atoms with van der Waals surface area (Å²) in [6.07, 6.45) is 5.77. The number of rotatable bonds is 5. The minimum absolute atomic E-state index is 0.0239. The quantitative estimate of drug-likeness (QED) is 0.344. The average molecular weight is 412 g/mol. The molecule has 0 aliphatic heterocycles. The van der Waals surface area contributed by atoms with Gasteiger partial charge in [-0.25, -0.2) is 26.3 Å². The van der Waals surface area contributed by atoms with Crippen molar-refractivity contribution in [2.24, 2.45) is 5.92 Å². The molecule has 1 aliphatic rings. The summed E-state index contributed by atoms with van der Waals surface area (Å²) in [6, 6.07) is 3.93. The van der Waals surface area contributed by atoms with Crippen molar-refractivity contribution in [2.45, 2.75) is 51.4 Å². The van der Waals surface area contributed by atoms with E-state index in [0.717, 1.165) is 56.7 Å². The average Bonchev–Trinajstić information content (AvgIpc) is 2.69. The van der Waals surface area contributed by atoms with Gasteiger partial charge in [0.05, 0.1) is 5.56 Å². The molecule has 0 saturated heterocycles. The van der Waals surface area contributed by atoms with Gasteiger partial charge < -0.3 is 0 Å². The van der Waals surface area contributed by atoms with Gasteiger partial charge in [0.2, 0.25) is 0 Å². The second-order valence-electron chi connectivity index (χ2n) is 7.62. The molecule has 0 bridgehead atoms. The van der Waals surface area contributed by atoms with E-state index in [2.05, 4.69) is 6.92 Å². The summed E-state index contributed by atoms with van der Waals surface area (Å²) in [5, 5.41) is 0. The zero-order valence-corrected chi connectivity index (χ0v) is 16.1. The van der Waals surface area contributed by atoms with Crippen molar-refractivity contribution in [3.63, 3.8) is 0 Å². The Balaban J connectivity index is 1.88. The zero-order valence-electron chi connectivity index (χ0n) is 16.1. The van der Waals surface area contributed by atoms with Crippen LogP contribution in [0, 0.1) is 29.2 Å². The van der Waals surface area contributed by atoms with E-state index in [-0.39, 0.29) is 5.92 Å². The lowest BCUT2D eigenvalue weighted by Gasteiger charge is -2.28. The van der Waals surface area contributed by atoms with Crippen molar-refractivity contribution in [1.82, 2.24) is 0 Å². The molecule has 3 rings (SSSR count). The van der Waals surface area contributed by atoms with E-state index in [9.17, 15) is 26.3 Å². The predicted molar refractivity (Wildman–Crippen MR) is 101 cm³/mol. The number of hydrogen-bond donors (Lipinski definition) is 0. The van der Waals surface area contributed by atoms with Crippen molar-refractivity contribution in [3.8, 4) is 0 Å². The van der Waals surface area contributed by atoms with Crippen LogP contribution < -0.4 is 0 Å². The molecule has 2 aromatic rings. The third kappa shape index (κ3) is 4.68. The van der Waals surface area contributed by atoms with Gasteiger partial charge in [0.25, 0.3) is 0 Å². The fraction of sp³-hybridized carbons (Fsp3) is 0.391. The third-order valence-corrected chi connectivity index (χ3v) is 5.66. The fourth-order valence-corrected chi connectivity index (χ4v) is 4.10. The number of benzene rings is 2. The standard InChI is InChI=1S/C23H22F6/c1-2-3-13-4-6-14(7-5-13)16-11-19(26)21(20(27)12-16)23(29)22(28)15-8-9-17(24)18(25)10-15/h8-14H,2-7H2,1H3/b23-22+. The Kier molecular flexibility index (Phi) is 6.70. The Bertz CT molecular complexity index is 887. The first-order chi connectivity index (χ1) is 13.8. The highest BCUT2D eigenvalue weighted by Crippen LogP contribution is 2.40. The third-order valence-electron chi connectivity index (χ3n) is 5.66. The largest absolute Gasteiger partial charge is 0.206 e. The van der Waals surface area contributed by atoms with Crippen molar-refractivity contribution in [3.05, 3.63) is 70.3 Å². The molecule has 0 radical (unpaired) electrons. The van der Waals surface area contributed by atoms with Crippen molar-refractivity contribution in [1.29, 1.82) is 0 Å². The predicted octanol–water partition coefficient (Wildman–Crippen LogP) is 8.08. The molecule has 0 nitrogen and oxygen atoms in total. The van der Waals surface area contributed by atoms with Crippen molar-refractivity contribution < 1.29 is 26.3 Å². The van der Waals surface area contributed by atoms with Gasteiger partial charge in [-0.2, -0.15) is 0 Å². The first kappa shape index (κ1) is 21.5. The van der Waals surface area contributed by atoms with Gasteiger partial charge >= 0.3 is 0 Å². The van der Waals surface area contributed by atoms with Gasteiger partial charge in [-0.3, -0.25) is 0 Å². The summed E-state index contributed by atoms with van der Waals surface area (Å²) < 4.78 is 84.1. The molecule has 0 atom stereocenters. The molecule has 1 saturated carbocycles. The summed E-state index contributed by atoms with van der Waals surface area (Å²) in [5.41, 5.74) is -1.35. The maximum Gasteiger partial charge on any atom is 0.172 e. The Morgan fingerprint density at radius 1 is 0.793 bits per heavy atom. The SMILES string of the molecule is CCCC1CCC(c2cc(F)c(/C(F)=C(\F)c3ccc(F)c(F)c3)c(F)c2)CC1. The maximum absolute atomic E-state index is 14.5. The molecule has 2 aromatic carbocycles. The molecule has 0 aromatic heterocycles. The van der Waals surface area contributed by atoms with E-state index >= 15 is 0 Å². The smallest absolute Gasteiger partial charge is 0.172 e. The Morgan fingerprint density at radius 3 is 1.97 bits per heavy atom. The van der Waals surface area contributed by atoms with E-state index < -0.39 is 46.0 Å². The van der Waals surface area contributed by atoms with Crippen LogP contribution in [0.2, 0.25) is 0 Å². The van der Waals surface area contributed by atoms with Crippen molar-refractivity contribution in [2.75, 3.05) is 0 Å². The van der Waals surface area contributed by atoms with Gasteiger partial charge in [-0.15, -0.1) is 0 Å². The molecule has 0 heterocycles. The van der Waals surface area contributed by atoms with Crippen molar-refractivity contribution >= 4 is 11.7 Å². The topological polar surface area (TPSA) is 0 Å². The van der Waals surface area contributed by atoms with Gasteiger partial charge in [0.15, 0.2) is 23.3 Å². The monoisotopic (exact) mass is 412 g/mol. The van der Waals surface area contributed by atoms with E-state index in [1.165, 1.54) is 0 Å². The zero-order chi connectivity index (χ0) is 21.1. The number of halogens is 6. The molecule has 1 aliphatic carbocycles. The van der Waals surface area contributed by atoms with Gasteiger partial charge in [-0.1, -0.05) is 19.8 Å². The van der Waals surface area contributed by atoms with E-state index in [0.29, 0.717) is 23.6 Å². The molecule has 0 unspecified atom stereocenters. The Labute approximate surface area is 166 Å². The van der Waals surface area contributed by atoms with E-state index in [4.69, 9.17) is 0 Å². The van der Waals surface area contributed by atoms with Crippen LogP contribution in [-0.4, -0.2) is 0 Å². The lowest BCUT2D eigenvalue weighted by molar-refractivity contribution is 0.307. The molecule has 6 heteroatoms. The molecule has 0 spiro atoms. The molecule has 29 heavy (non-hydrogen) atoms. The molecule has 0 N–H and O–H groups in total. The molecular formula is C23H22F6. The minimum atomic E-state index is -1.79. The van der Waals surface area contributed by atoms with Crippen LogP contribution in [0.1, 0.15) is 68.1 Å². The van der Waals surface area contributed by atoms with Gasteiger partial charge in [0, 0.05) is 5.56 Å². The van der Waals surface area contributed by atoms with E-state index in [1.54, 1.807) is 0 Å². The normalized spacial score (nSPS) is 20.5. The molecule has 0 amide bonds. The molecular weight excluding hydrogens is 390 g/mol. The minimum Gasteiger partial charge on any atom is -0.206 e. The summed E-state index contributed by atoms with van der Waals surface area (Å²) in [5.74, 6) is -7.91. The summed E-state index contributed by atoms with van der Waals surface area (Å²) in [6.45, 7) is 2.12. The highest BCUT2D eigenvalue weighted by molar-refractivity contribution is 5.83. The molecule has 1 fully saturated rings. The van der Waals surface area contributed by atoms with Crippen LogP contribution in [0.25, 0.3) is 11.7 Å². The Morgan fingerprint density at radius 2 is 1.41 bits per heavy atom. The van der Waals surface area contributed by atoms with Crippen LogP contribution in [0.15, 0.2) is 30.3 Å². The highest BCUT2D eigenvalue weighted by atomic mass is 19.2. The first-order valence-electron chi connectivity index (χ1n) is 9.81. The number of hydrogen-bond acceptors (Lipinski definition) is 0. The highest BCUT2D eigenvalue weighted by Gasteiger charge is 2.26. The van der Waals surface area contributed by atoms with Gasteiger partial charge in [-0.05, 0) is 73.4 Å². The lowest BCUT2D eigenvalue weighted by Crippen LogP contribution is -2.14. The second kappa shape index (κ2) is 9.06. The lowest BCUT2D eigenvalue weighted by atomic mass is 9.77.